The van der Waals surface area contributed by atoms with Crippen LogP contribution in [0.3, 0.4) is 0 Å². The monoisotopic (exact) mass is 225 g/mol. The Morgan fingerprint density at radius 1 is 1.25 bits per heavy atom. The van der Waals surface area contributed by atoms with Gasteiger partial charge in [-0.15, -0.1) is 0 Å². The summed E-state index contributed by atoms with van der Waals surface area (Å²) in [4.78, 5) is 1.85. The second-order valence-electron chi connectivity index (χ2n) is 4.42. The van der Waals surface area contributed by atoms with Crippen LogP contribution in [0, 0.1) is 12.7 Å². The fourth-order valence-corrected chi connectivity index (χ4v) is 1.97. The van der Waals surface area contributed by atoms with E-state index in [4.69, 9.17) is 0 Å². The third-order valence-electron chi connectivity index (χ3n) is 3.01. The second kappa shape index (κ2) is 4.03. The van der Waals surface area contributed by atoms with Crippen molar-refractivity contribution in [1.82, 2.24) is 0 Å². The average molecular weight is 225 g/mol. The van der Waals surface area contributed by atoms with Gasteiger partial charge in [0.1, 0.15) is 5.82 Å². The number of halogens is 1. The molecule has 0 aliphatic carbocycles. The summed E-state index contributed by atoms with van der Waals surface area (Å²) in [5, 5.41) is 18.8. The van der Waals surface area contributed by atoms with E-state index >= 15 is 0 Å². The number of hydrogen-bond acceptors (Lipinski definition) is 3. The van der Waals surface area contributed by atoms with Gasteiger partial charge in [0, 0.05) is 25.9 Å². The van der Waals surface area contributed by atoms with Crippen LogP contribution in [0.15, 0.2) is 18.2 Å². The zero-order valence-electron chi connectivity index (χ0n) is 9.28. The highest BCUT2D eigenvalue weighted by atomic mass is 19.1. The molecule has 0 aromatic heterocycles. The summed E-state index contributed by atoms with van der Waals surface area (Å²) in [7, 11) is 0. The fraction of sp³-hybridized carbons (Fsp3) is 0.500. The number of benzene rings is 1. The van der Waals surface area contributed by atoms with Crippen molar-refractivity contribution in [2.75, 3.05) is 18.0 Å². The molecule has 1 aliphatic heterocycles. The lowest BCUT2D eigenvalue weighted by Crippen LogP contribution is -2.44. The Kier molecular flexibility index (Phi) is 2.86. The summed E-state index contributed by atoms with van der Waals surface area (Å²) in [6.07, 6.45) is 0.501. The van der Waals surface area contributed by atoms with Crippen LogP contribution in [-0.4, -0.2) is 29.1 Å². The SMILES string of the molecule is Cc1ccc(N2CCC(O)(O)CC2)c(F)c1. The van der Waals surface area contributed by atoms with Gasteiger partial charge in [0.15, 0.2) is 5.79 Å². The van der Waals surface area contributed by atoms with Crippen molar-refractivity contribution in [2.24, 2.45) is 0 Å². The Bertz CT molecular complexity index is 383. The minimum atomic E-state index is -1.59. The van der Waals surface area contributed by atoms with Crippen molar-refractivity contribution >= 4 is 5.69 Å². The number of aliphatic hydroxyl groups is 2. The van der Waals surface area contributed by atoms with E-state index in [1.54, 1.807) is 6.07 Å². The first kappa shape index (κ1) is 11.4. The van der Waals surface area contributed by atoms with Gasteiger partial charge in [-0.2, -0.15) is 0 Å². The largest absolute Gasteiger partial charge is 0.369 e. The highest BCUT2D eigenvalue weighted by Crippen LogP contribution is 2.26. The van der Waals surface area contributed by atoms with Crippen molar-refractivity contribution in [3.8, 4) is 0 Å². The van der Waals surface area contributed by atoms with Gasteiger partial charge in [-0.1, -0.05) is 6.07 Å². The molecular formula is C12H16FNO2. The van der Waals surface area contributed by atoms with Gasteiger partial charge in [0.25, 0.3) is 0 Å². The first-order valence-electron chi connectivity index (χ1n) is 5.44. The first-order chi connectivity index (χ1) is 7.48. The highest BCUT2D eigenvalue weighted by Gasteiger charge is 2.30. The van der Waals surface area contributed by atoms with Gasteiger partial charge in [0.05, 0.1) is 5.69 Å². The van der Waals surface area contributed by atoms with Crippen LogP contribution >= 0.6 is 0 Å². The molecule has 1 aliphatic rings. The molecule has 88 valence electrons. The molecule has 1 heterocycles. The number of nitrogens with zero attached hydrogens (tertiary/aromatic N) is 1. The zero-order chi connectivity index (χ0) is 11.8. The molecule has 1 aromatic carbocycles. The van der Waals surface area contributed by atoms with Crippen molar-refractivity contribution in [3.05, 3.63) is 29.6 Å². The average Bonchev–Trinajstić information content (AvgIpc) is 2.19. The Balaban J connectivity index is 2.14. The van der Waals surface area contributed by atoms with E-state index in [0.29, 0.717) is 18.8 Å². The summed E-state index contributed by atoms with van der Waals surface area (Å²) in [6, 6.07) is 5.10. The predicted molar refractivity (Wildman–Crippen MR) is 59.8 cm³/mol. The quantitative estimate of drug-likeness (QED) is 0.710. The molecule has 1 fully saturated rings. The number of aryl methyl sites for hydroxylation is 1. The zero-order valence-corrected chi connectivity index (χ0v) is 9.28. The van der Waals surface area contributed by atoms with E-state index in [9.17, 15) is 14.6 Å². The van der Waals surface area contributed by atoms with Crippen molar-refractivity contribution in [3.63, 3.8) is 0 Å². The van der Waals surface area contributed by atoms with E-state index in [0.717, 1.165) is 5.56 Å². The van der Waals surface area contributed by atoms with E-state index < -0.39 is 5.79 Å². The third-order valence-corrected chi connectivity index (χ3v) is 3.01. The Labute approximate surface area is 94.1 Å². The normalized spacial score (nSPS) is 19.9. The molecule has 0 unspecified atom stereocenters. The van der Waals surface area contributed by atoms with E-state index in [1.165, 1.54) is 6.07 Å². The van der Waals surface area contributed by atoms with Crippen LogP contribution in [0.1, 0.15) is 18.4 Å². The van der Waals surface area contributed by atoms with Gasteiger partial charge < -0.3 is 15.1 Å². The van der Waals surface area contributed by atoms with Crippen molar-refractivity contribution in [1.29, 1.82) is 0 Å². The maximum Gasteiger partial charge on any atom is 0.165 e. The number of anilines is 1. The van der Waals surface area contributed by atoms with Crippen LogP contribution in [0.5, 0.6) is 0 Å². The maximum atomic E-state index is 13.7. The molecule has 0 radical (unpaired) electrons. The standard InChI is InChI=1S/C12H16FNO2/c1-9-2-3-11(10(13)8-9)14-6-4-12(15,16)5-7-14/h2-3,8,15-16H,4-7H2,1H3. The van der Waals surface area contributed by atoms with Gasteiger partial charge in [-0.25, -0.2) is 4.39 Å². The number of piperidine rings is 1. The van der Waals surface area contributed by atoms with Crippen LogP contribution in [0.4, 0.5) is 10.1 Å². The highest BCUT2D eigenvalue weighted by molar-refractivity contribution is 5.49. The summed E-state index contributed by atoms with van der Waals surface area (Å²) < 4.78 is 13.7. The van der Waals surface area contributed by atoms with E-state index in [2.05, 4.69) is 0 Å². The molecule has 0 saturated carbocycles. The summed E-state index contributed by atoms with van der Waals surface area (Å²) >= 11 is 0. The van der Waals surface area contributed by atoms with Crippen molar-refractivity contribution in [2.45, 2.75) is 25.6 Å². The molecule has 1 aromatic rings. The van der Waals surface area contributed by atoms with E-state index in [-0.39, 0.29) is 18.7 Å². The van der Waals surface area contributed by atoms with Crippen LogP contribution in [0.25, 0.3) is 0 Å². The van der Waals surface area contributed by atoms with Crippen molar-refractivity contribution < 1.29 is 14.6 Å². The molecule has 0 bridgehead atoms. The summed E-state index contributed by atoms with van der Waals surface area (Å²) in [5.41, 5.74) is 1.43. The molecule has 0 atom stereocenters. The molecule has 1 saturated heterocycles. The molecule has 2 N–H and O–H groups in total. The van der Waals surface area contributed by atoms with Gasteiger partial charge in [0.2, 0.25) is 0 Å². The van der Waals surface area contributed by atoms with Gasteiger partial charge in [-0.05, 0) is 24.6 Å². The molecule has 0 amide bonds. The van der Waals surface area contributed by atoms with Crippen LogP contribution < -0.4 is 4.90 Å². The number of rotatable bonds is 1. The van der Waals surface area contributed by atoms with Crippen LogP contribution in [-0.2, 0) is 0 Å². The maximum absolute atomic E-state index is 13.7. The predicted octanol–water partition coefficient (Wildman–Crippen LogP) is 1.42. The minimum absolute atomic E-state index is 0.247. The molecule has 4 heteroatoms. The number of hydrogen-bond donors (Lipinski definition) is 2. The smallest absolute Gasteiger partial charge is 0.165 e. The molecule has 2 rings (SSSR count). The Morgan fingerprint density at radius 3 is 2.44 bits per heavy atom. The minimum Gasteiger partial charge on any atom is -0.369 e. The lowest BCUT2D eigenvalue weighted by molar-refractivity contribution is -0.172. The third kappa shape index (κ3) is 2.33. The van der Waals surface area contributed by atoms with Gasteiger partial charge >= 0.3 is 0 Å². The van der Waals surface area contributed by atoms with Gasteiger partial charge in [-0.3, -0.25) is 0 Å². The Morgan fingerprint density at radius 2 is 1.88 bits per heavy atom. The lowest BCUT2D eigenvalue weighted by Gasteiger charge is -2.36. The summed E-state index contributed by atoms with van der Waals surface area (Å²) in [6.45, 7) is 2.77. The van der Waals surface area contributed by atoms with Crippen LogP contribution in [0.2, 0.25) is 0 Å². The topological polar surface area (TPSA) is 43.7 Å². The van der Waals surface area contributed by atoms with E-state index in [1.807, 2.05) is 17.9 Å². The molecule has 0 spiro atoms. The summed E-state index contributed by atoms with van der Waals surface area (Å²) in [5.74, 6) is -1.83. The molecular weight excluding hydrogens is 209 g/mol. The lowest BCUT2D eigenvalue weighted by atomic mass is 10.0. The Hall–Kier alpha value is -1.13. The first-order valence-corrected chi connectivity index (χ1v) is 5.44. The molecule has 16 heavy (non-hydrogen) atoms. The molecule has 3 nitrogen and oxygen atoms in total. The second-order valence-corrected chi connectivity index (χ2v) is 4.42. The fourth-order valence-electron chi connectivity index (χ4n) is 1.97.